The Kier molecular flexibility index (Phi) is 12.1. The molecule has 0 spiro atoms. The Morgan fingerprint density at radius 1 is 0.383 bits per heavy atom. The Morgan fingerprint density at radius 3 is 1.43 bits per heavy atom. The van der Waals surface area contributed by atoms with Gasteiger partial charge in [-0.15, -0.1) is 11.3 Å². The molecule has 0 aliphatic carbocycles. The fourth-order valence-corrected chi connectivity index (χ4v) is 6.67. The van der Waals surface area contributed by atoms with Crippen LogP contribution in [-0.2, 0) is 12.8 Å². The first-order valence-electron chi connectivity index (χ1n) is 16.4. The molecule has 7 rings (SSSR count). The molecule has 0 amide bonds. The molecule has 234 valence electrons. The lowest BCUT2D eigenvalue weighted by Crippen LogP contribution is -1.90. The highest BCUT2D eigenvalue weighted by molar-refractivity contribution is 7.19. The quantitative estimate of drug-likeness (QED) is 0.172. The molecule has 0 N–H and O–H groups in total. The highest BCUT2D eigenvalue weighted by Crippen LogP contribution is 2.39. The first kappa shape index (κ1) is 33.4. The van der Waals surface area contributed by atoms with Crippen molar-refractivity contribution in [3.8, 4) is 32.0 Å². The van der Waals surface area contributed by atoms with E-state index in [2.05, 4.69) is 173 Å². The maximum absolute atomic E-state index is 2.32. The summed E-state index contributed by atoms with van der Waals surface area (Å²) in [5.74, 6) is 0. The largest absolute Gasteiger partial charge is 0.135 e. The van der Waals surface area contributed by atoms with E-state index in [1.54, 1.807) is 0 Å². The minimum absolute atomic E-state index is 1.09. The Morgan fingerprint density at radius 2 is 0.851 bits per heavy atom. The molecule has 0 unspecified atom stereocenters. The van der Waals surface area contributed by atoms with Gasteiger partial charge in [0.2, 0.25) is 0 Å². The molecule has 0 aliphatic heterocycles. The standard InChI is InChI=1S/C26H24S.C13H12.C7H8/c1-19-8-6-7-11-24(19)26-20(2)18-25(27-26)23-16-14-22(15-17-23)13-12-21-9-4-3-5-10-21;1-11-7-9-13(10-8-11)12-5-3-2-4-6-12;1-7-5-3-2-4-6-7/h3-11,14-18H,12-13H2,1-2H3;2-10H,1H3;2-6H,1H3. The minimum Gasteiger partial charge on any atom is -0.135 e. The van der Waals surface area contributed by atoms with Crippen LogP contribution in [0.4, 0.5) is 0 Å². The summed E-state index contributed by atoms with van der Waals surface area (Å²) in [5, 5.41) is 0. The summed E-state index contributed by atoms with van der Waals surface area (Å²) in [6.07, 6.45) is 2.18. The number of benzene rings is 6. The third-order valence-corrected chi connectivity index (χ3v) is 9.51. The van der Waals surface area contributed by atoms with Crippen LogP contribution >= 0.6 is 11.3 Å². The van der Waals surface area contributed by atoms with Gasteiger partial charge in [0.1, 0.15) is 0 Å². The lowest BCUT2D eigenvalue weighted by molar-refractivity contribution is 0.960. The van der Waals surface area contributed by atoms with Crippen LogP contribution in [0.2, 0.25) is 0 Å². The van der Waals surface area contributed by atoms with Crippen LogP contribution in [0.15, 0.2) is 170 Å². The molecular formula is C46H44S. The van der Waals surface area contributed by atoms with Gasteiger partial charge in [-0.1, -0.05) is 175 Å². The van der Waals surface area contributed by atoms with Gasteiger partial charge in [0.15, 0.2) is 0 Å². The summed E-state index contributed by atoms with van der Waals surface area (Å²) in [5.41, 5.74) is 13.4. The molecule has 7 aromatic rings. The number of hydrogen-bond acceptors (Lipinski definition) is 1. The molecule has 0 nitrogen and oxygen atoms in total. The van der Waals surface area contributed by atoms with E-state index in [-0.39, 0.29) is 0 Å². The lowest BCUT2D eigenvalue weighted by atomic mass is 10.0. The van der Waals surface area contributed by atoms with Crippen molar-refractivity contribution in [3.63, 3.8) is 0 Å². The van der Waals surface area contributed by atoms with Crippen molar-refractivity contribution in [2.24, 2.45) is 0 Å². The molecule has 0 bridgehead atoms. The van der Waals surface area contributed by atoms with Crippen LogP contribution in [-0.4, -0.2) is 0 Å². The van der Waals surface area contributed by atoms with Crippen LogP contribution in [0.3, 0.4) is 0 Å². The molecule has 6 aromatic carbocycles. The molecule has 0 saturated heterocycles. The molecule has 1 heterocycles. The zero-order chi connectivity index (χ0) is 32.8. The molecular weight excluding hydrogens is 585 g/mol. The molecule has 0 atom stereocenters. The maximum Gasteiger partial charge on any atom is 0.0381 e. The van der Waals surface area contributed by atoms with E-state index in [1.165, 1.54) is 65.4 Å². The van der Waals surface area contributed by atoms with Gasteiger partial charge in [0.05, 0.1) is 0 Å². The highest BCUT2D eigenvalue weighted by Gasteiger charge is 2.11. The number of aryl methyl sites for hydroxylation is 6. The number of rotatable bonds is 6. The van der Waals surface area contributed by atoms with Crippen LogP contribution in [0.5, 0.6) is 0 Å². The van der Waals surface area contributed by atoms with Gasteiger partial charge in [-0.2, -0.15) is 0 Å². The molecule has 0 saturated carbocycles. The SMILES string of the molecule is Cc1ccc(-c2ccccc2)cc1.Cc1ccccc1.Cc1ccccc1-c1sc(-c2ccc(CCc3ccccc3)cc2)cc1C. The number of hydrogen-bond donors (Lipinski definition) is 0. The van der Waals surface area contributed by atoms with Gasteiger partial charge in [-0.25, -0.2) is 0 Å². The average Bonchev–Trinajstić information content (AvgIpc) is 3.51. The second-order valence-electron chi connectivity index (χ2n) is 12.0. The van der Waals surface area contributed by atoms with Crippen LogP contribution in [0.1, 0.15) is 33.4 Å². The van der Waals surface area contributed by atoms with Gasteiger partial charge in [0, 0.05) is 9.75 Å². The Balaban J connectivity index is 0.000000177. The molecule has 1 aromatic heterocycles. The number of thiophene rings is 1. The lowest BCUT2D eigenvalue weighted by Gasteiger charge is -2.04. The highest BCUT2D eigenvalue weighted by atomic mass is 32.1. The molecule has 1 heteroatoms. The second-order valence-corrected chi connectivity index (χ2v) is 13.1. The van der Waals surface area contributed by atoms with E-state index in [0.29, 0.717) is 0 Å². The molecule has 47 heavy (non-hydrogen) atoms. The molecule has 0 fully saturated rings. The fourth-order valence-electron chi connectivity index (χ4n) is 5.40. The molecule has 0 aliphatic rings. The average molecular weight is 629 g/mol. The van der Waals surface area contributed by atoms with Crippen LogP contribution in [0.25, 0.3) is 32.0 Å². The van der Waals surface area contributed by atoms with E-state index >= 15 is 0 Å². The van der Waals surface area contributed by atoms with E-state index in [1.807, 2.05) is 35.6 Å². The van der Waals surface area contributed by atoms with E-state index in [0.717, 1.165) is 12.8 Å². The third kappa shape index (κ3) is 10.0. The summed E-state index contributed by atoms with van der Waals surface area (Å²) in [6.45, 7) is 8.60. The molecule has 0 radical (unpaired) electrons. The smallest absolute Gasteiger partial charge is 0.0381 e. The summed E-state index contributed by atoms with van der Waals surface area (Å²) in [6, 6.07) is 60.1. The zero-order valence-electron chi connectivity index (χ0n) is 28.0. The van der Waals surface area contributed by atoms with Crippen molar-refractivity contribution >= 4 is 11.3 Å². The van der Waals surface area contributed by atoms with Gasteiger partial charge in [-0.05, 0) is 91.1 Å². The predicted molar refractivity (Wildman–Crippen MR) is 206 cm³/mol. The van der Waals surface area contributed by atoms with Crippen molar-refractivity contribution in [1.82, 2.24) is 0 Å². The monoisotopic (exact) mass is 628 g/mol. The summed E-state index contributed by atoms with van der Waals surface area (Å²) in [7, 11) is 0. The van der Waals surface area contributed by atoms with Crippen molar-refractivity contribution in [2.45, 2.75) is 40.5 Å². The van der Waals surface area contributed by atoms with Crippen molar-refractivity contribution in [2.75, 3.05) is 0 Å². The predicted octanol–water partition coefficient (Wildman–Crippen LogP) is 13.1. The van der Waals surface area contributed by atoms with Gasteiger partial charge in [-0.3, -0.25) is 0 Å². The van der Waals surface area contributed by atoms with Crippen molar-refractivity contribution in [3.05, 3.63) is 203 Å². The summed E-state index contributed by atoms with van der Waals surface area (Å²) >= 11 is 1.90. The topological polar surface area (TPSA) is 0 Å². The fraction of sp³-hybridized carbons (Fsp3) is 0.130. The van der Waals surface area contributed by atoms with Crippen LogP contribution in [0, 0.1) is 27.7 Å². The van der Waals surface area contributed by atoms with Crippen LogP contribution < -0.4 is 0 Å². The Bertz CT molecular complexity index is 1920. The Labute approximate surface area is 286 Å². The normalized spacial score (nSPS) is 10.3. The first-order valence-corrected chi connectivity index (χ1v) is 17.2. The minimum atomic E-state index is 1.09. The summed E-state index contributed by atoms with van der Waals surface area (Å²) in [4.78, 5) is 2.73. The Hall–Kier alpha value is -4.98. The third-order valence-electron chi connectivity index (χ3n) is 8.19. The van der Waals surface area contributed by atoms with Gasteiger partial charge >= 0.3 is 0 Å². The second kappa shape index (κ2) is 17.1. The van der Waals surface area contributed by atoms with E-state index in [9.17, 15) is 0 Å². The maximum atomic E-state index is 2.32. The van der Waals surface area contributed by atoms with Gasteiger partial charge in [0.25, 0.3) is 0 Å². The van der Waals surface area contributed by atoms with Crippen molar-refractivity contribution < 1.29 is 0 Å². The van der Waals surface area contributed by atoms with E-state index in [4.69, 9.17) is 0 Å². The first-order chi connectivity index (χ1) is 23.0. The van der Waals surface area contributed by atoms with E-state index < -0.39 is 0 Å². The summed E-state index contributed by atoms with van der Waals surface area (Å²) < 4.78 is 0. The van der Waals surface area contributed by atoms with Gasteiger partial charge < -0.3 is 0 Å². The van der Waals surface area contributed by atoms with Crippen molar-refractivity contribution in [1.29, 1.82) is 0 Å². The zero-order valence-corrected chi connectivity index (χ0v) is 28.8.